The van der Waals surface area contributed by atoms with Crippen molar-refractivity contribution in [2.24, 2.45) is 28.7 Å². The predicted octanol–water partition coefficient (Wildman–Crippen LogP) is -4.97. The lowest BCUT2D eigenvalue weighted by molar-refractivity contribution is -0.307. The molecule has 0 unspecified atom stereocenters. The second-order valence-electron chi connectivity index (χ2n) is 16.0. The van der Waals surface area contributed by atoms with E-state index >= 15 is 0 Å². The molecule has 0 bridgehead atoms. The highest BCUT2D eigenvalue weighted by Gasteiger charge is 2.54. The van der Waals surface area contributed by atoms with Gasteiger partial charge in [-0.2, -0.15) is 0 Å². The molecule has 2 aliphatic carbocycles. The third kappa shape index (κ3) is 9.73. The molecule has 1 aromatic rings. The van der Waals surface area contributed by atoms with Gasteiger partial charge in [-0.05, 0) is 49.3 Å². The molecule has 19 heteroatoms. The van der Waals surface area contributed by atoms with E-state index in [0.717, 1.165) is 6.42 Å². The van der Waals surface area contributed by atoms with E-state index in [4.69, 9.17) is 57.1 Å². The van der Waals surface area contributed by atoms with Gasteiger partial charge in [0.1, 0.15) is 67.1 Å². The Morgan fingerprint density at radius 3 is 1.82 bits per heavy atom. The maximum atomic E-state index is 11.3. The van der Waals surface area contributed by atoms with Crippen LogP contribution in [0, 0.1) is 0 Å². The maximum absolute atomic E-state index is 11.3. The molecule has 19 atom stereocenters. The van der Waals surface area contributed by atoms with E-state index in [0.29, 0.717) is 12.5 Å². The minimum atomic E-state index is -1.61. The summed E-state index contributed by atoms with van der Waals surface area (Å²) < 4.78 is 35.8. The number of hydrogen-bond acceptors (Lipinski definition) is 19. The summed E-state index contributed by atoms with van der Waals surface area (Å²) in [5.74, 6) is 0.632. The Kier molecular flexibility index (Phi) is 15.5. The fraction of sp³-hybridized carbons (Fsp3) is 0.838. The predicted molar refractivity (Wildman–Crippen MR) is 198 cm³/mol. The number of aliphatic hydroxyl groups excluding tert-OH is 7. The number of rotatable bonds is 14. The van der Waals surface area contributed by atoms with Crippen LogP contribution in [0.4, 0.5) is 0 Å². The van der Waals surface area contributed by atoms with Gasteiger partial charge >= 0.3 is 0 Å². The van der Waals surface area contributed by atoms with Gasteiger partial charge in [-0.15, -0.1) is 0 Å². The summed E-state index contributed by atoms with van der Waals surface area (Å²) in [6.45, 7) is -0.0669. The van der Waals surface area contributed by atoms with Crippen LogP contribution in [0.25, 0.3) is 0 Å². The van der Waals surface area contributed by atoms with Gasteiger partial charge in [0.05, 0.1) is 24.8 Å². The van der Waals surface area contributed by atoms with Crippen LogP contribution in [0.3, 0.4) is 0 Å². The summed E-state index contributed by atoms with van der Waals surface area (Å²) in [5.41, 5.74) is 33.3. The zero-order valence-corrected chi connectivity index (χ0v) is 31.6. The Morgan fingerprint density at radius 2 is 1.20 bits per heavy atom. The molecule has 0 radical (unpaired) electrons. The molecular formula is C37H64N6O13. The summed E-state index contributed by atoms with van der Waals surface area (Å²) in [7, 11) is 0. The minimum absolute atomic E-state index is 0.0952. The molecule has 3 aliphatic heterocycles. The Hall–Kier alpha value is -1.54. The molecule has 0 spiro atoms. The van der Waals surface area contributed by atoms with Gasteiger partial charge in [0, 0.05) is 25.2 Å². The van der Waals surface area contributed by atoms with Gasteiger partial charge < -0.3 is 98.2 Å². The van der Waals surface area contributed by atoms with Gasteiger partial charge in [-0.1, -0.05) is 43.5 Å². The van der Waals surface area contributed by atoms with Crippen LogP contribution in [0.1, 0.15) is 55.6 Å². The molecule has 19 nitrogen and oxygen atoms in total. The minimum Gasteiger partial charge on any atom is -0.394 e. The highest BCUT2D eigenvalue weighted by atomic mass is 16.8. The fourth-order valence-corrected chi connectivity index (χ4v) is 8.59. The second kappa shape index (κ2) is 19.7. The summed E-state index contributed by atoms with van der Waals surface area (Å²) in [4.78, 5) is 0. The Morgan fingerprint density at radius 1 is 0.625 bits per heavy atom. The van der Waals surface area contributed by atoms with Crippen LogP contribution in [0.2, 0.25) is 0 Å². The van der Waals surface area contributed by atoms with E-state index in [-0.39, 0.29) is 19.5 Å². The molecule has 2 saturated carbocycles. The quantitative estimate of drug-likeness (QED) is 0.0784. The molecule has 0 aromatic heterocycles. The van der Waals surface area contributed by atoms with Crippen LogP contribution in [-0.4, -0.2) is 178 Å². The van der Waals surface area contributed by atoms with Crippen molar-refractivity contribution in [2.45, 2.75) is 167 Å². The average Bonchev–Trinajstić information content (AvgIpc) is 3.50. The van der Waals surface area contributed by atoms with Crippen LogP contribution >= 0.6 is 0 Å². The Labute approximate surface area is 326 Å². The van der Waals surface area contributed by atoms with Gasteiger partial charge in [-0.25, -0.2) is 0 Å². The Bertz CT molecular complexity index is 1350. The maximum Gasteiger partial charge on any atom is 0.187 e. The van der Waals surface area contributed by atoms with Crippen molar-refractivity contribution >= 4 is 0 Å². The van der Waals surface area contributed by atoms with Crippen molar-refractivity contribution < 1.29 is 64.2 Å². The first-order valence-corrected chi connectivity index (χ1v) is 20.0. The number of benzene rings is 1. The van der Waals surface area contributed by atoms with Gasteiger partial charge in [-0.3, -0.25) is 0 Å². The summed E-state index contributed by atoms with van der Waals surface area (Å²) in [6, 6.07) is 4.53. The van der Waals surface area contributed by atoms with Crippen molar-refractivity contribution in [1.29, 1.82) is 0 Å². The molecule has 5 aliphatic rings. The van der Waals surface area contributed by atoms with Gasteiger partial charge in [0.15, 0.2) is 18.9 Å². The Balaban J connectivity index is 1.07. The van der Waals surface area contributed by atoms with Crippen molar-refractivity contribution in [1.82, 2.24) is 5.32 Å². The van der Waals surface area contributed by atoms with Crippen LogP contribution in [0.15, 0.2) is 24.3 Å². The zero-order chi connectivity index (χ0) is 40.3. The lowest BCUT2D eigenvalue weighted by atomic mass is 9.84. The monoisotopic (exact) mass is 800 g/mol. The summed E-state index contributed by atoms with van der Waals surface area (Å²) >= 11 is 0. The third-order valence-corrected chi connectivity index (χ3v) is 12.1. The normalized spacial score (nSPS) is 45.2. The lowest BCUT2D eigenvalue weighted by Crippen LogP contribution is -2.68. The highest BCUT2D eigenvalue weighted by Crippen LogP contribution is 2.35. The van der Waals surface area contributed by atoms with E-state index < -0.39 is 123 Å². The van der Waals surface area contributed by atoms with Gasteiger partial charge in [0.25, 0.3) is 0 Å². The van der Waals surface area contributed by atoms with Crippen LogP contribution in [0.5, 0.6) is 0 Å². The molecule has 18 N–H and O–H groups in total. The number of aliphatic hydroxyl groups is 7. The second-order valence-corrected chi connectivity index (χ2v) is 16.0. The van der Waals surface area contributed by atoms with Crippen molar-refractivity contribution in [3.05, 3.63) is 35.4 Å². The SMILES string of the molecule is NC[C@@H]1O[C@H](O[C@H]2[C@@H](O)[C@H](O[C@@H]3[C@@H](O)[C@H](N)C[C@H](N)[C@H]3O[C@H]3O[C@H](CNCCc4ccc(C5CCCCC5)cc4)[C@@H](O)[C@H](O)[C@H]3N)O[C@@H]2CO)[C@H](N)[C@@H](O)[C@@H]1O. The standard InChI is InChI=1S/C37H64N6O13/c38-13-21-27(46)29(48)24(41)35(51-21)55-33-23(15-44)53-37(31(33)50)56-34-26(45)19(39)12-20(40)32(34)54-36-25(42)30(49)28(47)22(52-36)14-43-11-10-16-6-8-18(9-7-16)17-4-2-1-3-5-17/h6-9,17,19-37,43-50H,1-5,10-15,38-42H2/t19-,20+,21+,22-,23-,24-,25-,26+,27-,28-,29-,30-,31-,32-,33-,34-,35-,36-,37+/m1/s1. The molecule has 5 fully saturated rings. The van der Waals surface area contributed by atoms with Crippen molar-refractivity contribution in [3.63, 3.8) is 0 Å². The molecule has 320 valence electrons. The molecule has 3 heterocycles. The molecule has 1 aromatic carbocycles. The van der Waals surface area contributed by atoms with E-state index in [9.17, 15) is 35.7 Å². The van der Waals surface area contributed by atoms with E-state index in [1.165, 1.54) is 43.2 Å². The van der Waals surface area contributed by atoms with Gasteiger partial charge in [0.2, 0.25) is 0 Å². The smallest absolute Gasteiger partial charge is 0.187 e. The van der Waals surface area contributed by atoms with Crippen molar-refractivity contribution in [3.8, 4) is 0 Å². The van der Waals surface area contributed by atoms with E-state index in [1.807, 2.05) is 0 Å². The first-order valence-electron chi connectivity index (χ1n) is 20.0. The average molecular weight is 801 g/mol. The van der Waals surface area contributed by atoms with E-state index in [1.54, 1.807) is 0 Å². The topological polar surface area (TPSA) is 339 Å². The number of hydrogen-bond donors (Lipinski definition) is 13. The molecule has 56 heavy (non-hydrogen) atoms. The lowest BCUT2D eigenvalue weighted by Gasteiger charge is -2.47. The molecular weight excluding hydrogens is 736 g/mol. The first-order chi connectivity index (χ1) is 26.8. The highest BCUT2D eigenvalue weighted by molar-refractivity contribution is 5.26. The van der Waals surface area contributed by atoms with Crippen LogP contribution in [-0.2, 0) is 34.8 Å². The zero-order valence-electron chi connectivity index (χ0n) is 31.6. The van der Waals surface area contributed by atoms with Crippen molar-refractivity contribution in [2.75, 3.05) is 26.2 Å². The van der Waals surface area contributed by atoms with E-state index in [2.05, 4.69) is 29.6 Å². The molecule has 6 rings (SSSR count). The fourth-order valence-electron chi connectivity index (χ4n) is 8.59. The number of nitrogens with one attached hydrogen (secondary N) is 1. The largest absolute Gasteiger partial charge is 0.394 e. The van der Waals surface area contributed by atoms with Crippen LogP contribution < -0.4 is 34.0 Å². The molecule has 0 amide bonds. The number of ether oxygens (including phenoxy) is 6. The third-order valence-electron chi connectivity index (χ3n) is 12.1. The molecule has 3 saturated heterocycles. The summed E-state index contributed by atoms with van der Waals surface area (Å²) in [5, 5.41) is 78.5. The first kappa shape index (κ1) is 44.0. The summed E-state index contributed by atoms with van der Waals surface area (Å²) in [6.07, 6.45) is -12.6. The number of nitrogens with two attached hydrogens (primary N) is 5.